The summed E-state index contributed by atoms with van der Waals surface area (Å²) < 4.78 is 5.39. The second-order valence-corrected chi connectivity index (χ2v) is 4.66. The molecule has 3 aliphatic rings. The maximum Gasteiger partial charge on any atom is 0.228 e. The lowest BCUT2D eigenvalue weighted by molar-refractivity contribution is -0.136. The van der Waals surface area contributed by atoms with E-state index in [2.05, 4.69) is 5.32 Å². The van der Waals surface area contributed by atoms with Crippen LogP contribution in [0.5, 0.6) is 0 Å². The Morgan fingerprint density at radius 1 is 1.21 bits per heavy atom. The molecule has 2 atom stereocenters. The molecule has 1 amide bonds. The molecule has 0 radical (unpaired) electrons. The fourth-order valence-electron chi connectivity index (χ4n) is 2.59. The van der Waals surface area contributed by atoms with Gasteiger partial charge in [0.05, 0.1) is 19.1 Å². The summed E-state index contributed by atoms with van der Waals surface area (Å²) in [4.78, 5) is 13.9. The Morgan fingerprint density at radius 3 is 2.36 bits per heavy atom. The maximum atomic E-state index is 11.9. The van der Waals surface area contributed by atoms with Gasteiger partial charge in [0.25, 0.3) is 0 Å². The summed E-state index contributed by atoms with van der Waals surface area (Å²) in [5.41, 5.74) is 0. The molecule has 0 spiro atoms. The van der Waals surface area contributed by atoms with Crippen molar-refractivity contribution in [1.29, 1.82) is 0 Å². The first kappa shape index (κ1) is 8.68. The van der Waals surface area contributed by atoms with Crippen LogP contribution in [0.25, 0.3) is 0 Å². The van der Waals surface area contributed by atoms with Crippen molar-refractivity contribution in [2.75, 3.05) is 39.4 Å². The van der Waals surface area contributed by atoms with Crippen molar-refractivity contribution in [3.05, 3.63) is 0 Å². The van der Waals surface area contributed by atoms with Gasteiger partial charge in [0.15, 0.2) is 0 Å². The van der Waals surface area contributed by atoms with E-state index in [9.17, 15) is 4.79 Å². The molecule has 3 rings (SSSR count). The number of nitrogens with zero attached hydrogens (tertiary/aromatic N) is 1. The van der Waals surface area contributed by atoms with E-state index in [1.54, 1.807) is 0 Å². The summed E-state index contributed by atoms with van der Waals surface area (Å²) in [6.07, 6.45) is 0. The van der Waals surface area contributed by atoms with E-state index >= 15 is 0 Å². The Labute approximate surface area is 83.6 Å². The zero-order chi connectivity index (χ0) is 9.54. The Morgan fingerprint density at radius 2 is 1.86 bits per heavy atom. The lowest BCUT2D eigenvalue weighted by Gasteiger charge is -2.30. The molecule has 0 saturated carbocycles. The van der Waals surface area contributed by atoms with E-state index in [0.717, 1.165) is 39.4 Å². The van der Waals surface area contributed by atoms with Crippen molar-refractivity contribution in [2.24, 2.45) is 17.8 Å². The first-order valence-corrected chi connectivity index (χ1v) is 5.42. The Kier molecular flexibility index (Phi) is 1.99. The number of fused-ring (bicyclic) bond motifs is 1. The highest BCUT2D eigenvalue weighted by Gasteiger charge is 2.41. The van der Waals surface area contributed by atoms with Crippen LogP contribution in [0, 0.1) is 17.8 Å². The van der Waals surface area contributed by atoms with Gasteiger partial charge < -0.3 is 15.0 Å². The summed E-state index contributed by atoms with van der Waals surface area (Å²) in [5, 5.41) is 3.14. The number of hydrogen-bond acceptors (Lipinski definition) is 3. The Balaban J connectivity index is 1.61. The largest absolute Gasteiger partial charge is 0.381 e. The second-order valence-electron chi connectivity index (χ2n) is 4.66. The highest BCUT2D eigenvalue weighted by Crippen LogP contribution is 2.30. The van der Waals surface area contributed by atoms with Crippen molar-refractivity contribution in [2.45, 2.75) is 0 Å². The molecule has 0 aromatic carbocycles. The monoisotopic (exact) mass is 196 g/mol. The highest BCUT2D eigenvalue weighted by molar-refractivity contribution is 5.80. The second kappa shape index (κ2) is 3.21. The fraction of sp³-hybridized carbons (Fsp3) is 0.900. The van der Waals surface area contributed by atoms with Crippen LogP contribution in [-0.4, -0.2) is 50.2 Å². The molecular weight excluding hydrogens is 180 g/mol. The van der Waals surface area contributed by atoms with Crippen LogP contribution < -0.4 is 5.32 Å². The van der Waals surface area contributed by atoms with Gasteiger partial charge in [-0.1, -0.05) is 0 Å². The van der Waals surface area contributed by atoms with Gasteiger partial charge in [-0.3, -0.25) is 4.79 Å². The molecule has 0 aromatic rings. The third kappa shape index (κ3) is 1.25. The molecule has 3 saturated heterocycles. The van der Waals surface area contributed by atoms with Crippen LogP contribution in [0.1, 0.15) is 0 Å². The van der Waals surface area contributed by atoms with E-state index < -0.39 is 0 Å². The number of rotatable bonds is 1. The molecule has 3 aliphatic heterocycles. The molecule has 14 heavy (non-hydrogen) atoms. The van der Waals surface area contributed by atoms with Gasteiger partial charge in [-0.2, -0.15) is 0 Å². The third-order valence-electron chi connectivity index (χ3n) is 3.68. The number of nitrogens with one attached hydrogen (secondary N) is 1. The minimum absolute atomic E-state index is 0.259. The van der Waals surface area contributed by atoms with Gasteiger partial charge >= 0.3 is 0 Å². The predicted molar refractivity (Wildman–Crippen MR) is 50.7 cm³/mol. The van der Waals surface area contributed by atoms with Crippen LogP contribution in [0.4, 0.5) is 0 Å². The Hall–Kier alpha value is -0.610. The van der Waals surface area contributed by atoms with Gasteiger partial charge in [0, 0.05) is 38.0 Å². The predicted octanol–water partition coefficient (Wildman–Crippen LogP) is -0.689. The van der Waals surface area contributed by atoms with E-state index in [4.69, 9.17) is 4.74 Å². The van der Waals surface area contributed by atoms with Gasteiger partial charge in [-0.05, 0) is 0 Å². The number of carbonyl (C=O) groups excluding carboxylic acids is 1. The first-order chi connectivity index (χ1) is 6.84. The van der Waals surface area contributed by atoms with Crippen LogP contribution >= 0.6 is 0 Å². The van der Waals surface area contributed by atoms with Crippen LogP contribution in [0.15, 0.2) is 0 Å². The summed E-state index contributed by atoms with van der Waals surface area (Å²) in [6.45, 7) is 5.33. The maximum absolute atomic E-state index is 11.9. The van der Waals surface area contributed by atoms with Crippen LogP contribution in [0.2, 0.25) is 0 Å². The van der Waals surface area contributed by atoms with E-state index in [1.165, 1.54) is 0 Å². The number of likely N-dealkylation sites (tertiary alicyclic amines) is 1. The number of hydrogen-bond donors (Lipinski definition) is 1. The molecule has 3 heterocycles. The minimum atomic E-state index is 0.259. The molecule has 0 aliphatic carbocycles. The van der Waals surface area contributed by atoms with Crippen molar-refractivity contribution in [1.82, 2.24) is 10.2 Å². The molecule has 3 fully saturated rings. The molecule has 0 bridgehead atoms. The molecule has 1 N–H and O–H groups in total. The zero-order valence-corrected chi connectivity index (χ0v) is 8.24. The average Bonchev–Trinajstić information content (AvgIpc) is 2.56. The van der Waals surface area contributed by atoms with Gasteiger partial charge in [0.1, 0.15) is 0 Å². The molecule has 0 aromatic heterocycles. The van der Waals surface area contributed by atoms with Gasteiger partial charge in [-0.15, -0.1) is 0 Å². The third-order valence-corrected chi connectivity index (χ3v) is 3.68. The van der Waals surface area contributed by atoms with E-state index in [-0.39, 0.29) is 5.92 Å². The topological polar surface area (TPSA) is 41.6 Å². The number of carbonyl (C=O) groups is 1. The Bertz CT molecular complexity index is 241. The van der Waals surface area contributed by atoms with Gasteiger partial charge in [0.2, 0.25) is 5.91 Å². The summed E-state index contributed by atoms with van der Waals surface area (Å²) in [7, 11) is 0. The molecule has 0 unspecified atom stereocenters. The summed E-state index contributed by atoms with van der Waals surface area (Å²) in [5.74, 6) is 1.85. The van der Waals surface area contributed by atoms with Crippen LogP contribution in [0.3, 0.4) is 0 Å². The number of amides is 1. The smallest absolute Gasteiger partial charge is 0.228 e. The normalized spacial score (nSPS) is 37.0. The molecule has 4 nitrogen and oxygen atoms in total. The average molecular weight is 196 g/mol. The van der Waals surface area contributed by atoms with Crippen molar-refractivity contribution in [3.8, 4) is 0 Å². The summed E-state index contributed by atoms with van der Waals surface area (Å²) >= 11 is 0. The fourth-order valence-corrected chi connectivity index (χ4v) is 2.59. The van der Waals surface area contributed by atoms with Gasteiger partial charge in [-0.25, -0.2) is 0 Å². The van der Waals surface area contributed by atoms with Crippen molar-refractivity contribution in [3.63, 3.8) is 0 Å². The highest BCUT2D eigenvalue weighted by atomic mass is 16.5. The summed E-state index contributed by atoms with van der Waals surface area (Å²) in [6, 6.07) is 0. The zero-order valence-electron chi connectivity index (χ0n) is 8.24. The lowest BCUT2D eigenvalue weighted by Crippen LogP contribution is -2.51. The molecule has 78 valence electrons. The SMILES string of the molecule is O=C(C1CNC1)N1C[C@H]2COC[C@@H]2C1. The first-order valence-electron chi connectivity index (χ1n) is 5.42. The van der Waals surface area contributed by atoms with Crippen LogP contribution in [-0.2, 0) is 9.53 Å². The standard InChI is InChI=1S/C10H16N2O2/c13-10(7-1-11-2-7)12-3-8-5-14-6-9(8)4-12/h7-9,11H,1-6H2/t8-,9-/m0/s1. The van der Waals surface area contributed by atoms with E-state index in [1.807, 2.05) is 4.90 Å². The quantitative estimate of drug-likeness (QED) is 0.603. The number of ether oxygens (including phenoxy) is 1. The van der Waals surface area contributed by atoms with E-state index in [0.29, 0.717) is 17.7 Å². The molecule has 4 heteroatoms. The lowest BCUT2D eigenvalue weighted by atomic mass is 10.0. The van der Waals surface area contributed by atoms with Crippen molar-refractivity contribution >= 4 is 5.91 Å². The molecular formula is C10H16N2O2. The minimum Gasteiger partial charge on any atom is -0.381 e. The van der Waals surface area contributed by atoms with Crippen molar-refractivity contribution < 1.29 is 9.53 Å².